The molecule has 2 N–H and O–H groups in total. The van der Waals surface area contributed by atoms with Crippen LogP contribution in [0.2, 0.25) is 0 Å². The minimum atomic E-state index is -3.20. The van der Waals surface area contributed by atoms with Gasteiger partial charge < -0.3 is 15.1 Å². The molecule has 1 amide bonds. The number of aliphatic hydroxyl groups excluding tert-OH is 2. The van der Waals surface area contributed by atoms with Crippen LogP contribution in [0.3, 0.4) is 0 Å². The maximum absolute atomic E-state index is 12.8. The topological polar surface area (TPSA) is 104 Å². The third kappa shape index (κ3) is 9.34. The van der Waals surface area contributed by atoms with E-state index in [0.717, 1.165) is 57.5 Å². The predicted molar refractivity (Wildman–Crippen MR) is 204 cm³/mol. The summed E-state index contributed by atoms with van der Waals surface area (Å²) in [5.41, 5.74) is 0.329. The van der Waals surface area contributed by atoms with Crippen LogP contribution in [0, 0.1) is 10.1 Å². The largest absolute Gasteiger partial charge is 0.394 e. The Balaban J connectivity index is 1.19. The molecule has 262 valence electrons. The molecule has 0 radical (unpaired) electrons. The fourth-order valence-electron chi connectivity index (χ4n) is 6.78. The monoisotopic (exact) mass is 704 g/mol. The van der Waals surface area contributed by atoms with E-state index in [-0.39, 0.29) is 11.6 Å². The number of likely N-dealkylation sites (N-methyl/N-ethyl adjacent to an activating group) is 1. The van der Waals surface area contributed by atoms with Gasteiger partial charge in [0.05, 0.1) is 17.6 Å². The summed E-state index contributed by atoms with van der Waals surface area (Å²) in [4.78, 5) is 24.6. The number of carbonyl (C=O) groups excluding carboxylic acids is 1. The van der Waals surface area contributed by atoms with Gasteiger partial charge in [0.15, 0.2) is 0 Å². The molecule has 0 aromatic heterocycles. The first-order chi connectivity index (χ1) is 23.7. The number of unbranched alkanes of at least 4 members (excludes halogenated alkanes) is 8. The molecule has 4 rings (SSSR count). The Morgan fingerprint density at radius 3 is 1.53 bits per heavy atom. The standard InChI is InChI=1S/C40H50ClN2O5P/c1-42(38(32-44)40(46)33-27-29-34(30-28-33)43(47)48)39(45)26-18-7-5-3-2-4-6-8-19-31-49(41,35-20-12-9-13-21-35,36-22-14-10-15-23-36)37-24-16-11-17-25-37/h9-17,20-25,27-30,38,40,44,46H,2-8,18-19,26,31-32H2,1H3/t38-,40-/m1/s1. The number of halogens is 1. The Morgan fingerprint density at radius 1 is 0.714 bits per heavy atom. The van der Waals surface area contributed by atoms with Crippen molar-refractivity contribution in [2.45, 2.75) is 76.4 Å². The smallest absolute Gasteiger partial charge is 0.269 e. The van der Waals surface area contributed by atoms with Crippen molar-refractivity contribution < 1.29 is 19.9 Å². The summed E-state index contributed by atoms with van der Waals surface area (Å²) in [5.74, 6) is -3.34. The molecule has 4 aromatic rings. The van der Waals surface area contributed by atoms with E-state index in [1.54, 1.807) is 7.05 Å². The summed E-state index contributed by atoms with van der Waals surface area (Å²) < 4.78 is 0. The van der Waals surface area contributed by atoms with E-state index < -0.39 is 29.6 Å². The summed E-state index contributed by atoms with van der Waals surface area (Å²) >= 11 is 8.17. The summed E-state index contributed by atoms with van der Waals surface area (Å²) in [5, 5.41) is 35.2. The van der Waals surface area contributed by atoms with Crippen LogP contribution in [0.15, 0.2) is 115 Å². The van der Waals surface area contributed by atoms with Gasteiger partial charge in [0.2, 0.25) is 0 Å². The summed E-state index contributed by atoms with van der Waals surface area (Å²) in [7, 11) is 1.58. The van der Waals surface area contributed by atoms with Gasteiger partial charge in [-0.3, -0.25) is 14.9 Å². The van der Waals surface area contributed by atoms with Gasteiger partial charge in [0, 0.05) is 19.2 Å². The number of nitrogens with zero attached hydrogens (tertiary/aromatic N) is 2. The molecule has 0 saturated carbocycles. The fourth-order valence-corrected chi connectivity index (χ4v) is 13.0. The SMILES string of the molecule is CN(C(=O)CCCCCCCCCCCP(Cl)(c1ccccc1)(c1ccccc1)c1ccccc1)[C@H](CO)[C@H](O)c1ccc([N+](=O)[O-])cc1. The molecule has 0 fully saturated rings. The molecular weight excluding hydrogens is 655 g/mol. The minimum Gasteiger partial charge on any atom is -0.394 e. The van der Waals surface area contributed by atoms with Crippen molar-refractivity contribution >= 4 is 44.7 Å². The number of nitro groups is 1. The number of hydrogen-bond donors (Lipinski definition) is 2. The first kappa shape index (κ1) is 38.2. The molecule has 0 saturated heterocycles. The van der Waals surface area contributed by atoms with Gasteiger partial charge in [-0.15, -0.1) is 0 Å². The van der Waals surface area contributed by atoms with Crippen molar-refractivity contribution in [1.29, 1.82) is 0 Å². The Bertz CT molecular complexity index is 1490. The molecular formula is C40H50ClN2O5P. The third-order valence-corrected chi connectivity index (χ3v) is 17.3. The van der Waals surface area contributed by atoms with Crippen LogP contribution in [-0.4, -0.2) is 51.8 Å². The van der Waals surface area contributed by atoms with E-state index in [4.69, 9.17) is 11.2 Å². The third-order valence-electron chi connectivity index (χ3n) is 9.74. The normalized spacial score (nSPS) is 13.6. The number of non-ortho nitro benzene ring substituents is 1. The maximum atomic E-state index is 12.8. The zero-order valence-electron chi connectivity index (χ0n) is 28.4. The van der Waals surface area contributed by atoms with Gasteiger partial charge in [0.25, 0.3) is 5.69 Å². The molecule has 0 heterocycles. The maximum Gasteiger partial charge on any atom is 0.269 e. The van der Waals surface area contributed by atoms with E-state index >= 15 is 0 Å². The summed E-state index contributed by atoms with van der Waals surface area (Å²) in [6.45, 7) is -0.417. The van der Waals surface area contributed by atoms with Crippen molar-refractivity contribution in [3.63, 3.8) is 0 Å². The van der Waals surface area contributed by atoms with Crippen LogP contribution in [-0.2, 0) is 4.79 Å². The predicted octanol–water partition coefficient (Wildman–Crippen LogP) is 8.03. The second-order valence-corrected chi connectivity index (χ2v) is 19.5. The van der Waals surface area contributed by atoms with Crippen molar-refractivity contribution in [3.05, 3.63) is 131 Å². The molecule has 7 nitrogen and oxygen atoms in total. The Hall–Kier alpha value is -3.61. The van der Waals surface area contributed by atoms with Crippen LogP contribution in [0.25, 0.3) is 0 Å². The average molecular weight is 705 g/mol. The molecule has 2 atom stereocenters. The quantitative estimate of drug-likeness (QED) is 0.0420. The van der Waals surface area contributed by atoms with Crippen LogP contribution >= 0.6 is 17.2 Å². The zero-order valence-corrected chi connectivity index (χ0v) is 30.1. The van der Waals surface area contributed by atoms with Crippen LogP contribution in [0.5, 0.6) is 0 Å². The number of amides is 1. The van der Waals surface area contributed by atoms with Gasteiger partial charge in [-0.25, -0.2) is 0 Å². The van der Waals surface area contributed by atoms with Gasteiger partial charge >= 0.3 is 200 Å². The molecule has 0 unspecified atom stereocenters. The molecule has 9 heteroatoms. The summed E-state index contributed by atoms with van der Waals surface area (Å²) in [6, 6.07) is 36.6. The van der Waals surface area contributed by atoms with E-state index in [9.17, 15) is 25.1 Å². The zero-order chi connectivity index (χ0) is 35.1. The van der Waals surface area contributed by atoms with Gasteiger partial charge in [-0.1, -0.05) is 0 Å². The van der Waals surface area contributed by atoms with Crippen molar-refractivity contribution in [2.75, 3.05) is 19.8 Å². The number of hydrogen-bond acceptors (Lipinski definition) is 5. The Morgan fingerprint density at radius 2 is 1.12 bits per heavy atom. The number of benzene rings is 4. The fraction of sp³-hybridized carbons (Fsp3) is 0.375. The van der Waals surface area contributed by atoms with Crippen molar-refractivity contribution in [1.82, 2.24) is 4.90 Å². The Labute approximate surface area is 295 Å². The molecule has 0 spiro atoms. The first-order valence-corrected chi connectivity index (χ1v) is 20.7. The minimum absolute atomic E-state index is 0.0841. The number of nitro benzene ring substituents is 1. The molecule has 0 bridgehead atoms. The van der Waals surface area contributed by atoms with E-state index in [1.807, 2.05) is 0 Å². The molecule has 4 aromatic carbocycles. The number of rotatable bonds is 20. The molecule has 0 aliphatic heterocycles. The van der Waals surface area contributed by atoms with Gasteiger partial charge in [-0.2, -0.15) is 0 Å². The number of aliphatic hydroxyl groups is 2. The van der Waals surface area contributed by atoms with E-state index in [0.29, 0.717) is 12.0 Å². The van der Waals surface area contributed by atoms with Gasteiger partial charge in [-0.05, 0) is 17.7 Å². The Kier molecular flexibility index (Phi) is 14.3. The second-order valence-electron chi connectivity index (χ2n) is 12.9. The van der Waals surface area contributed by atoms with E-state index in [1.165, 1.54) is 51.5 Å². The van der Waals surface area contributed by atoms with Crippen molar-refractivity contribution in [3.8, 4) is 0 Å². The van der Waals surface area contributed by atoms with Crippen molar-refractivity contribution in [2.24, 2.45) is 0 Å². The first-order valence-electron chi connectivity index (χ1n) is 17.4. The molecule has 0 aliphatic rings. The number of carbonyl (C=O) groups is 1. The second kappa shape index (κ2) is 18.4. The molecule has 0 aliphatic carbocycles. The van der Waals surface area contributed by atoms with Crippen LogP contribution < -0.4 is 15.9 Å². The van der Waals surface area contributed by atoms with Gasteiger partial charge in [0.1, 0.15) is 6.10 Å². The summed E-state index contributed by atoms with van der Waals surface area (Å²) in [6.07, 6.45) is 9.62. The van der Waals surface area contributed by atoms with Crippen LogP contribution in [0.4, 0.5) is 5.69 Å². The molecule has 49 heavy (non-hydrogen) atoms. The average Bonchev–Trinajstić information content (AvgIpc) is 3.15. The van der Waals surface area contributed by atoms with Crippen LogP contribution in [0.1, 0.15) is 75.9 Å². The van der Waals surface area contributed by atoms with E-state index in [2.05, 4.69) is 91.0 Å².